The minimum absolute atomic E-state index is 0.00500. The Kier molecular flexibility index (Phi) is 7.06. The number of aromatic nitrogens is 2. The summed E-state index contributed by atoms with van der Waals surface area (Å²) in [5.41, 5.74) is 3.84. The van der Waals surface area contributed by atoms with Crippen molar-refractivity contribution in [2.45, 2.75) is 49.6 Å². The average molecular weight is 487 g/mol. The van der Waals surface area contributed by atoms with Gasteiger partial charge >= 0.3 is 0 Å². The number of hydrogen-bond acceptors (Lipinski definition) is 3. The van der Waals surface area contributed by atoms with E-state index in [9.17, 15) is 9.00 Å². The fourth-order valence-electron chi connectivity index (χ4n) is 4.69. The minimum atomic E-state index is -1.33. The first-order valence-corrected chi connectivity index (χ1v) is 13.3. The van der Waals surface area contributed by atoms with Crippen LogP contribution in [0.4, 0.5) is 0 Å². The number of rotatable bonds is 7. The number of benzene rings is 3. The van der Waals surface area contributed by atoms with Gasteiger partial charge in [-0.25, -0.2) is 13.9 Å². The van der Waals surface area contributed by atoms with E-state index in [1.54, 1.807) is 0 Å². The van der Waals surface area contributed by atoms with Crippen molar-refractivity contribution in [1.29, 1.82) is 0 Å². The molecule has 1 aromatic heterocycles. The second kappa shape index (κ2) is 10.5. The molecule has 6 nitrogen and oxygen atoms in total. The Labute approximate surface area is 208 Å². The molecule has 2 atom stereocenters. The zero-order chi connectivity index (χ0) is 24.2. The van der Waals surface area contributed by atoms with Crippen molar-refractivity contribution in [2.24, 2.45) is 5.92 Å². The maximum atomic E-state index is 13.0. The lowest BCUT2D eigenvalue weighted by Crippen LogP contribution is -2.39. The summed E-state index contributed by atoms with van der Waals surface area (Å²) in [6, 6.07) is 25.8. The third kappa shape index (κ3) is 5.52. The number of H-pyrrole nitrogens is 1. The van der Waals surface area contributed by atoms with Gasteiger partial charge in [0.15, 0.2) is 0 Å². The van der Waals surface area contributed by atoms with Crippen LogP contribution in [-0.4, -0.2) is 26.1 Å². The molecule has 3 aromatic carbocycles. The van der Waals surface area contributed by atoms with Gasteiger partial charge in [-0.15, -0.1) is 0 Å². The van der Waals surface area contributed by atoms with Gasteiger partial charge in [-0.3, -0.25) is 4.79 Å². The first-order chi connectivity index (χ1) is 17.1. The van der Waals surface area contributed by atoms with Crippen molar-refractivity contribution in [3.63, 3.8) is 0 Å². The van der Waals surface area contributed by atoms with Gasteiger partial charge in [0.2, 0.25) is 5.91 Å². The van der Waals surface area contributed by atoms with Gasteiger partial charge in [-0.1, -0.05) is 60.7 Å². The lowest BCUT2D eigenvalue weighted by atomic mass is 9.85. The monoisotopic (exact) mass is 486 g/mol. The van der Waals surface area contributed by atoms with E-state index in [4.69, 9.17) is 0 Å². The molecule has 7 heteroatoms. The highest BCUT2D eigenvalue weighted by Gasteiger charge is 2.28. The summed E-state index contributed by atoms with van der Waals surface area (Å²) < 4.78 is 16.3. The van der Waals surface area contributed by atoms with E-state index in [2.05, 4.69) is 20.0 Å². The molecule has 0 aliphatic heterocycles. The van der Waals surface area contributed by atoms with Crippen LogP contribution in [0.1, 0.15) is 44.2 Å². The van der Waals surface area contributed by atoms with Crippen LogP contribution in [0.3, 0.4) is 0 Å². The van der Waals surface area contributed by atoms with Gasteiger partial charge in [0, 0.05) is 17.5 Å². The molecule has 0 spiro atoms. The zero-order valence-corrected chi connectivity index (χ0v) is 20.6. The highest BCUT2D eigenvalue weighted by atomic mass is 32.2. The number of carbonyl (C=O) groups is 1. The fraction of sp³-hybridized carbons (Fsp3) is 0.286. The van der Waals surface area contributed by atoms with Crippen LogP contribution in [0, 0.1) is 5.92 Å². The maximum absolute atomic E-state index is 13.0. The first-order valence-electron chi connectivity index (χ1n) is 12.2. The number of imidazole rings is 1. The second-order valence-electron chi connectivity index (χ2n) is 9.21. The number of nitrogens with one attached hydrogen (secondary N) is 3. The molecule has 0 radical (unpaired) electrons. The Morgan fingerprint density at radius 2 is 1.66 bits per heavy atom. The predicted octanol–water partition coefficient (Wildman–Crippen LogP) is 5.28. The highest BCUT2D eigenvalue weighted by molar-refractivity contribution is 7.83. The summed E-state index contributed by atoms with van der Waals surface area (Å²) in [6.07, 6.45) is 3.24. The molecule has 180 valence electrons. The molecular formula is C28H30N4O2S. The number of carbonyl (C=O) groups excluding carboxylic acids is 1. The van der Waals surface area contributed by atoms with E-state index in [1.807, 2.05) is 85.8 Å². The quantitative estimate of drug-likeness (QED) is 0.332. The SMILES string of the molecule is C[C@@H](NC(=O)C1CCC(NS(=O)c2ccc3nc(-c4ccccc4)[nH]c3c2)CC1)c1ccccc1. The van der Waals surface area contributed by atoms with Crippen LogP contribution >= 0.6 is 0 Å². The Hall–Kier alpha value is -3.29. The van der Waals surface area contributed by atoms with Gasteiger partial charge in [0.1, 0.15) is 16.8 Å². The molecule has 1 unspecified atom stereocenters. The molecule has 3 N–H and O–H groups in total. The third-order valence-corrected chi connectivity index (χ3v) is 7.97. The maximum Gasteiger partial charge on any atom is 0.223 e. The fourth-order valence-corrected chi connectivity index (χ4v) is 5.78. The molecule has 0 bridgehead atoms. The van der Waals surface area contributed by atoms with Crippen LogP contribution in [0.5, 0.6) is 0 Å². The summed E-state index contributed by atoms with van der Waals surface area (Å²) in [6.45, 7) is 2.02. The van der Waals surface area contributed by atoms with Gasteiger partial charge in [-0.2, -0.15) is 0 Å². The average Bonchev–Trinajstić information content (AvgIpc) is 3.34. The summed E-state index contributed by atoms with van der Waals surface area (Å²) >= 11 is 0. The van der Waals surface area contributed by atoms with Gasteiger partial charge < -0.3 is 10.3 Å². The summed E-state index contributed by atoms with van der Waals surface area (Å²) in [7, 11) is -1.33. The largest absolute Gasteiger partial charge is 0.349 e. The molecule has 1 aliphatic carbocycles. The Bertz CT molecular complexity index is 1310. The lowest BCUT2D eigenvalue weighted by molar-refractivity contribution is -0.126. The van der Waals surface area contributed by atoms with Crippen molar-refractivity contribution in [3.8, 4) is 11.4 Å². The summed E-state index contributed by atoms with van der Waals surface area (Å²) in [5.74, 6) is 0.917. The Morgan fingerprint density at radius 3 is 2.37 bits per heavy atom. The number of amides is 1. The van der Waals surface area contributed by atoms with Crippen molar-refractivity contribution in [2.75, 3.05) is 0 Å². The standard InChI is InChI=1S/C28H30N4O2S/c1-19(20-8-4-2-5-9-20)29-28(33)22-12-14-23(15-13-22)32-35(34)24-16-17-25-26(18-24)31-27(30-25)21-10-6-3-7-11-21/h2-11,16-19,22-23,32H,12-15H2,1H3,(H,29,33)(H,30,31)/t19-,22?,23?,35?/m1/s1. The first kappa shape index (κ1) is 23.5. The van der Waals surface area contributed by atoms with Crippen LogP contribution < -0.4 is 10.0 Å². The smallest absolute Gasteiger partial charge is 0.223 e. The van der Waals surface area contributed by atoms with E-state index in [-0.39, 0.29) is 23.9 Å². The topological polar surface area (TPSA) is 86.9 Å². The van der Waals surface area contributed by atoms with Gasteiger partial charge in [0.05, 0.1) is 22.0 Å². The Balaban J connectivity index is 1.16. The van der Waals surface area contributed by atoms with Crippen LogP contribution in [-0.2, 0) is 15.8 Å². The minimum Gasteiger partial charge on any atom is -0.349 e. The molecule has 4 aromatic rings. The van der Waals surface area contributed by atoms with E-state index >= 15 is 0 Å². The lowest BCUT2D eigenvalue weighted by Gasteiger charge is -2.29. The van der Waals surface area contributed by atoms with Crippen molar-refractivity contribution in [1.82, 2.24) is 20.0 Å². The predicted molar refractivity (Wildman–Crippen MR) is 140 cm³/mol. The molecule has 0 saturated heterocycles. The van der Waals surface area contributed by atoms with E-state index in [0.29, 0.717) is 0 Å². The second-order valence-corrected chi connectivity index (χ2v) is 10.5. The molecule has 5 rings (SSSR count). The van der Waals surface area contributed by atoms with Gasteiger partial charge in [-0.05, 0) is 56.4 Å². The highest BCUT2D eigenvalue weighted by Crippen LogP contribution is 2.27. The number of fused-ring (bicyclic) bond motifs is 1. The molecule has 1 heterocycles. The summed E-state index contributed by atoms with van der Waals surface area (Å²) in [4.78, 5) is 21.5. The van der Waals surface area contributed by atoms with Crippen molar-refractivity contribution >= 4 is 27.9 Å². The third-order valence-electron chi connectivity index (χ3n) is 6.74. The molecule has 1 saturated carbocycles. The Morgan fingerprint density at radius 1 is 0.971 bits per heavy atom. The number of nitrogens with zero attached hydrogens (tertiary/aromatic N) is 1. The van der Waals surface area contributed by atoms with Crippen LogP contribution in [0.2, 0.25) is 0 Å². The van der Waals surface area contributed by atoms with Crippen LogP contribution in [0.25, 0.3) is 22.4 Å². The van der Waals surface area contributed by atoms with Crippen molar-refractivity contribution < 1.29 is 9.00 Å². The van der Waals surface area contributed by atoms with E-state index < -0.39 is 11.0 Å². The molecular weight excluding hydrogens is 456 g/mol. The number of aromatic amines is 1. The zero-order valence-electron chi connectivity index (χ0n) is 19.7. The van der Waals surface area contributed by atoms with Gasteiger partial charge in [0.25, 0.3) is 0 Å². The van der Waals surface area contributed by atoms with Crippen molar-refractivity contribution in [3.05, 3.63) is 84.4 Å². The van der Waals surface area contributed by atoms with E-state index in [0.717, 1.165) is 58.6 Å². The van der Waals surface area contributed by atoms with E-state index in [1.165, 1.54) is 0 Å². The molecule has 1 aliphatic rings. The molecule has 1 fully saturated rings. The summed E-state index contributed by atoms with van der Waals surface area (Å²) in [5, 5.41) is 3.15. The molecule has 1 amide bonds. The van der Waals surface area contributed by atoms with Crippen LogP contribution in [0.15, 0.2) is 83.8 Å². The molecule has 35 heavy (non-hydrogen) atoms. The normalized spacial score (nSPS) is 19.8. The number of hydrogen-bond donors (Lipinski definition) is 3.